The maximum atomic E-state index is 9.82. The number of nitrogens with zero attached hydrogens (tertiary/aromatic N) is 2. The number of pyridine rings is 1. The van der Waals surface area contributed by atoms with E-state index in [2.05, 4.69) is 4.98 Å². The highest BCUT2D eigenvalue weighted by molar-refractivity contribution is 5.69. The number of imidazole rings is 1. The van der Waals surface area contributed by atoms with Crippen LogP contribution in [-0.2, 0) is 0 Å². The lowest BCUT2D eigenvalue weighted by atomic mass is 10.1. The lowest BCUT2D eigenvalue weighted by Gasteiger charge is -2.00. The highest BCUT2D eigenvalue weighted by atomic mass is 16.3. The van der Waals surface area contributed by atoms with Gasteiger partial charge in [-0.05, 0) is 30.7 Å². The highest BCUT2D eigenvalue weighted by Gasteiger charge is 2.09. The van der Waals surface area contributed by atoms with Crippen molar-refractivity contribution in [3.05, 3.63) is 48.3 Å². The van der Waals surface area contributed by atoms with Gasteiger partial charge in [0.15, 0.2) is 0 Å². The number of aryl methyl sites for hydroxylation is 1. The zero-order valence-electron chi connectivity index (χ0n) is 9.83. The van der Waals surface area contributed by atoms with E-state index in [-0.39, 0.29) is 11.5 Å². The molecule has 0 aliphatic heterocycles. The van der Waals surface area contributed by atoms with Crippen LogP contribution in [0.4, 0.5) is 0 Å². The first-order valence-electron chi connectivity index (χ1n) is 5.61. The van der Waals surface area contributed by atoms with Gasteiger partial charge in [-0.15, -0.1) is 0 Å². The molecule has 2 N–H and O–H groups in total. The van der Waals surface area contributed by atoms with Crippen LogP contribution >= 0.6 is 0 Å². The third kappa shape index (κ3) is 1.68. The van der Waals surface area contributed by atoms with Gasteiger partial charge in [0.2, 0.25) is 0 Å². The van der Waals surface area contributed by atoms with Crippen molar-refractivity contribution in [2.24, 2.45) is 0 Å². The topological polar surface area (TPSA) is 57.8 Å². The van der Waals surface area contributed by atoms with Crippen molar-refractivity contribution >= 4 is 5.65 Å². The summed E-state index contributed by atoms with van der Waals surface area (Å²) in [5, 5.41) is 19.1. The molecule has 0 saturated carbocycles. The van der Waals surface area contributed by atoms with Gasteiger partial charge in [0.1, 0.15) is 17.1 Å². The summed E-state index contributed by atoms with van der Waals surface area (Å²) < 4.78 is 1.91. The summed E-state index contributed by atoms with van der Waals surface area (Å²) in [6.45, 7) is 2.01. The van der Waals surface area contributed by atoms with Crippen LogP contribution in [0.3, 0.4) is 0 Å². The fourth-order valence-electron chi connectivity index (χ4n) is 1.97. The Morgan fingerprint density at radius 3 is 2.67 bits per heavy atom. The van der Waals surface area contributed by atoms with E-state index in [9.17, 15) is 10.2 Å². The van der Waals surface area contributed by atoms with E-state index in [1.165, 1.54) is 12.1 Å². The van der Waals surface area contributed by atoms with Crippen LogP contribution in [0.2, 0.25) is 0 Å². The number of phenolic OH excluding ortho intramolecular Hbond substituents is 2. The molecule has 1 aromatic carbocycles. The quantitative estimate of drug-likeness (QED) is 0.687. The van der Waals surface area contributed by atoms with Crippen LogP contribution in [0.5, 0.6) is 11.5 Å². The summed E-state index contributed by atoms with van der Waals surface area (Å²) in [7, 11) is 0. The SMILES string of the molecule is Cc1ccc2nc(-c3ccc(O)cc3O)cn2c1. The Hall–Kier alpha value is -2.49. The van der Waals surface area contributed by atoms with Gasteiger partial charge in [-0.2, -0.15) is 0 Å². The Kier molecular flexibility index (Phi) is 2.23. The molecule has 2 aromatic heterocycles. The zero-order valence-corrected chi connectivity index (χ0v) is 9.83. The van der Waals surface area contributed by atoms with E-state index < -0.39 is 0 Å². The molecule has 0 saturated heterocycles. The molecule has 0 fully saturated rings. The maximum absolute atomic E-state index is 9.82. The Morgan fingerprint density at radius 2 is 1.89 bits per heavy atom. The Morgan fingerprint density at radius 1 is 1.06 bits per heavy atom. The van der Waals surface area contributed by atoms with E-state index in [1.807, 2.05) is 35.9 Å². The monoisotopic (exact) mass is 240 g/mol. The standard InChI is InChI=1S/C14H12N2O2/c1-9-2-5-14-15-12(8-16(14)7-9)11-4-3-10(17)6-13(11)18/h2-8,17-18H,1H3. The van der Waals surface area contributed by atoms with Gasteiger partial charge in [0.25, 0.3) is 0 Å². The van der Waals surface area contributed by atoms with Crippen LogP contribution in [0.25, 0.3) is 16.9 Å². The summed E-state index contributed by atoms with van der Waals surface area (Å²) in [4.78, 5) is 4.44. The molecule has 90 valence electrons. The van der Waals surface area contributed by atoms with Gasteiger partial charge in [-0.3, -0.25) is 0 Å². The normalized spacial score (nSPS) is 10.9. The molecule has 0 radical (unpaired) electrons. The number of phenols is 2. The summed E-state index contributed by atoms with van der Waals surface area (Å²) in [5.41, 5.74) is 3.25. The molecular weight excluding hydrogens is 228 g/mol. The summed E-state index contributed by atoms with van der Waals surface area (Å²) in [5.74, 6) is 0.0611. The molecule has 18 heavy (non-hydrogen) atoms. The van der Waals surface area contributed by atoms with E-state index in [1.54, 1.807) is 6.07 Å². The van der Waals surface area contributed by atoms with Crippen molar-refractivity contribution in [1.29, 1.82) is 0 Å². The zero-order chi connectivity index (χ0) is 12.7. The second-order valence-corrected chi connectivity index (χ2v) is 4.30. The largest absolute Gasteiger partial charge is 0.508 e. The molecule has 3 rings (SSSR count). The van der Waals surface area contributed by atoms with Crippen molar-refractivity contribution in [2.75, 3.05) is 0 Å². The molecule has 0 amide bonds. The van der Waals surface area contributed by atoms with Gasteiger partial charge in [0.05, 0.1) is 5.69 Å². The van der Waals surface area contributed by atoms with E-state index in [4.69, 9.17) is 0 Å². The van der Waals surface area contributed by atoms with Gasteiger partial charge in [-0.25, -0.2) is 4.98 Å². The molecule has 0 unspecified atom stereocenters. The molecule has 0 bridgehead atoms. The molecule has 0 aliphatic rings. The van der Waals surface area contributed by atoms with E-state index >= 15 is 0 Å². The predicted octanol–water partition coefficient (Wildman–Crippen LogP) is 2.72. The number of fused-ring (bicyclic) bond motifs is 1. The average molecular weight is 240 g/mol. The lowest BCUT2D eigenvalue weighted by molar-refractivity contribution is 0.452. The summed E-state index contributed by atoms with van der Waals surface area (Å²) in [6, 6.07) is 8.41. The molecule has 3 aromatic rings. The highest BCUT2D eigenvalue weighted by Crippen LogP contribution is 2.31. The van der Waals surface area contributed by atoms with E-state index in [0.717, 1.165) is 11.2 Å². The summed E-state index contributed by atoms with van der Waals surface area (Å²) in [6.07, 6.45) is 3.83. The average Bonchev–Trinajstić information content (AvgIpc) is 2.71. The van der Waals surface area contributed by atoms with Crippen LogP contribution < -0.4 is 0 Å². The smallest absolute Gasteiger partial charge is 0.137 e. The third-order valence-corrected chi connectivity index (χ3v) is 2.86. The van der Waals surface area contributed by atoms with Crippen molar-refractivity contribution in [1.82, 2.24) is 9.38 Å². The first-order valence-corrected chi connectivity index (χ1v) is 5.61. The number of aromatic nitrogens is 2. The molecule has 2 heterocycles. The number of rotatable bonds is 1. The molecule has 4 nitrogen and oxygen atoms in total. The minimum Gasteiger partial charge on any atom is -0.508 e. The number of hydrogen-bond donors (Lipinski definition) is 2. The van der Waals surface area contributed by atoms with Gasteiger partial charge < -0.3 is 14.6 Å². The lowest BCUT2D eigenvalue weighted by Crippen LogP contribution is -1.82. The molecule has 4 heteroatoms. The minimum atomic E-state index is 0.0233. The van der Waals surface area contributed by atoms with Gasteiger partial charge in [-0.1, -0.05) is 6.07 Å². The first kappa shape index (κ1) is 10.7. The number of aromatic hydroxyl groups is 2. The van der Waals surface area contributed by atoms with Gasteiger partial charge >= 0.3 is 0 Å². The van der Waals surface area contributed by atoms with Crippen molar-refractivity contribution in [2.45, 2.75) is 6.92 Å². The fraction of sp³-hybridized carbons (Fsp3) is 0.0714. The Balaban J connectivity index is 2.19. The number of benzene rings is 1. The Bertz CT molecular complexity index is 732. The number of hydrogen-bond acceptors (Lipinski definition) is 3. The van der Waals surface area contributed by atoms with Crippen molar-refractivity contribution in [3.63, 3.8) is 0 Å². The second-order valence-electron chi connectivity index (χ2n) is 4.30. The fourth-order valence-corrected chi connectivity index (χ4v) is 1.97. The minimum absolute atomic E-state index is 0.0233. The Labute approximate surface area is 104 Å². The first-order chi connectivity index (χ1) is 8.63. The molecule has 0 spiro atoms. The van der Waals surface area contributed by atoms with E-state index in [0.29, 0.717) is 11.3 Å². The van der Waals surface area contributed by atoms with Crippen molar-refractivity contribution in [3.8, 4) is 22.8 Å². The molecule has 0 aliphatic carbocycles. The molecular formula is C14H12N2O2. The van der Waals surface area contributed by atoms with Gasteiger partial charge in [0, 0.05) is 24.0 Å². The van der Waals surface area contributed by atoms with Crippen LogP contribution in [0.1, 0.15) is 5.56 Å². The third-order valence-electron chi connectivity index (χ3n) is 2.86. The maximum Gasteiger partial charge on any atom is 0.137 e. The predicted molar refractivity (Wildman–Crippen MR) is 68.7 cm³/mol. The van der Waals surface area contributed by atoms with Crippen LogP contribution in [0.15, 0.2) is 42.7 Å². The molecule has 0 atom stereocenters. The second kappa shape index (κ2) is 3.77. The van der Waals surface area contributed by atoms with Crippen molar-refractivity contribution < 1.29 is 10.2 Å². The van der Waals surface area contributed by atoms with Crippen LogP contribution in [-0.4, -0.2) is 19.6 Å². The summed E-state index contributed by atoms with van der Waals surface area (Å²) >= 11 is 0. The van der Waals surface area contributed by atoms with Crippen LogP contribution in [0, 0.1) is 6.92 Å².